The minimum atomic E-state index is -0.733. The van der Waals surface area contributed by atoms with Gasteiger partial charge in [-0.2, -0.15) is 0 Å². The molecule has 31 heavy (non-hydrogen) atoms. The summed E-state index contributed by atoms with van der Waals surface area (Å²) in [5.74, 6) is 0.483. The number of fused-ring (bicyclic) bond motifs is 2. The van der Waals surface area contributed by atoms with Gasteiger partial charge < -0.3 is 14.5 Å². The van der Waals surface area contributed by atoms with Gasteiger partial charge in [0.1, 0.15) is 5.56 Å². The Morgan fingerprint density at radius 2 is 1.97 bits per heavy atom. The van der Waals surface area contributed by atoms with Gasteiger partial charge in [0.25, 0.3) is 5.91 Å². The molecule has 2 aromatic carbocycles. The van der Waals surface area contributed by atoms with Crippen molar-refractivity contribution in [3.8, 4) is 17.0 Å². The topological polar surface area (TPSA) is 98.7 Å². The third kappa shape index (κ3) is 3.40. The van der Waals surface area contributed by atoms with Crippen molar-refractivity contribution >= 4 is 28.3 Å². The van der Waals surface area contributed by atoms with Crippen molar-refractivity contribution in [3.05, 3.63) is 89.2 Å². The molecule has 8 heteroatoms. The average molecular weight is 412 g/mol. The molecule has 5 aromatic rings. The smallest absolute Gasteiger partial charge is 0.349 e. The van der Waals surface area contributed by atoms with E-state index >= 15 is 0 Å². The van der Waals surface area contributed by atoms with Gasteiger partial charge in [0.15, 0.2) is 11.3 Å². The number of imidazole rings is 1. The number of carbonyl (C=O) groups is 1. The molecule has 3 heterocycles. The van der Waals surface area contributed by atoms with Gasteiger partial charge in [-0.15, -0.1) is 0 Å². The van der Waals surface area contributed by atoms with Crippen LogP contribution < -0.4 is 15.7 Å². The number of amides is 1. The summed E-state index contributed by atoms with van der Waals surface area (Å²) < 4.78 is 12.4. The highest BCUT2D eigenvalue weighted by molar-refractivity contribution is 6.05. The van der Waals surface area contributed by atoms with Crippen molar-refractivity contribution in [1.82, 2.24) is 14.4 Å². The molecule has 1 amide bonds. The number of benzene rings is 2. The van der Waals surface area contributed by atoms with Crippen LogP contribution in [0.3, 0.4) is 0 Å². The van der Waals surface area contributed by atoms with Gasteiger partial charge in [0, 0.05) is 35.2 Å². The third-order valence-corrected chi connectivity index (χ3v) is 4.86. The van der Waals surface area contributed by atoms with Crippen LogP contribution in [0.25, 0.3) is 28.0 Å². The van der Waals surface area contributed by atoms with Crippen LogP contribution in [-0.2, 0) is 0 Å². The van der Waals surface area contributed by atoms with Crippen LogP contribution in [0, 0.1) is 0 Å². The Balaban J connectivity index is 1.40. The summed E-state index contributed by atoms with van der Waals surface area (Å²) in [6.07, 6.45) is 5.44. The van der Waals surface area contributed by atoms with E-state index in [9.17, 15) is 9.59 Å². The fraction of sp³-hybridized carbons (Fsp3) is 0.0435. The third-order valence-electron chi connectivity index (χ3n) is 4.86. The Kier molecular flexibility index (Phi) is 4.44. The summed E-state index contributed by atoms with van der Waals surface area (Å²) in [5, 5.41) is 3.33. The zero-order chi connectivity index (χ0) is 21.4. The highest BCUT2D eigenvalue weighted by Gasteiger charge is 2.16. The lowest BCUT2D eigenvalue weighted by atomic mass is 10.1. The minimum Gasteiger partial charge on any atom is -0.493 e. The molecule has 1 N–H and O–H groups in total. The molecule has 0 aliphatic rings. The van der Waals surface area contributed by atoms with Crippen molar-refractivity contribution in [1.29, 1.82) is 0 Å². The highest BCUT2D eigenvalue weighted by atomic mass is 16.5. The molecule has 0 radical (unpaired) electrons. The maximum atomic E-state index is 12.7. The van der Waals surface area contributed by atoms with E-state index in [1.165, 1.54) is 13.2 Å². The van der Waals surface area contributed by atoms with Crippen LogP contribution in [0.4, 0.5) is 5.69 Å². The van der Waals surface area contributed by atoms with Gasteiger partial charge in [-0.1, -0.05) is 24.3 Å². The van der Waals surface area contributed by atoms with Gasteiger partial charge in [0.05, 0.1) is 12.8 Å². The number of methoxy groups -OCH3 is 1. The zero-order valence-electron chi connectivity index (χ0n) is 16.4. The number of nitrogens with zero attached hydrogens (tertiary/aromatic N) is 3. The van der Waals surface area contributed by atoms with Crippen molar-refractivity contribution in [2.24, 2.45) is 0 Å². The predicted molar refractivity (Wildman–Crippen MR) is 115 cm³/mol. The lowest BCUT2D eigenvalue weighted by Gasteiger charge is -2.07. The van der Waals surface area contributed by atoms with Crippen LogP contribution in [-0.4, -0.2) is 27.4 Å². The Hall–Kier alpha value is -4.46. The Morgan fingerprint density at radius 3 is 2.74 bits per heavy atom. The second-order valence-corrected chi connectivity index (χ2v) is 6.81. The van der Waals surface area contributed by atoms with Crippen molar-refractivity contribution in [3.63, 3.8) is 0 Å². The van der Waals surface area contributed by atoms with E-state index in [0.29, 0.717) is 28.2 Å². The fourth-order valence-corrected chi connectivity index (χ4v) is 3.33. The Bertz CT molecular complexity index is 1450. The molecular weight excluding hydrogens is 396 g/mol. The molecule has 152 valence electrons. The van der Waals surface area contributed by atoms with Crippen molar-refractivity contribution in [2.75, 3.05) is 12.4 Å². The van der Waals surface area contributed by atoms with E-state index in [2.05, 4.69) is 15.3 Å². The van der Waals surface area contributed by atoms with Gasteiger partial charge in [-0.3, -0.25) is 9.20 Å². The number of nitrogens with one attached hydrogen (secondary N) is 1. The number of para-hydroxylation sites is 1. The quantitative estimate of drug-likeness (QED) is 0.451. The van der Waals surface area contributed by atoms with Crippen molar-refractivity contribution in [2.45, 2.75) is 0 Å². The van der Waals surface area contributed by atoms with Crippen LogP contribution in [0.2, 0.25) is 0 Å². The van der Waals surface area contributed by atoms with Gasteiger partial charge >= 0.3 is 5.63 Å². The number of hydrogen-bond donors (Lipinski definition) is 1. The summed E-state index contributed by atoms with van der Waals surface area (Å²) in [5.41, 5.74) is 1.67. The standard InChI is InChI=1S/C23H16N4O4/c1-30-19-5-2-4-15-12-17(22(29)31-20(15)19)21(28)25-16-8-6-14(7-9-16)18-13-27-11-3-10-24-23(27)26-18/h2-13H,1H3,(H,25,28). The first-order chi connectivity index (χ1) is 15.1. The Morgan fingerprint density at radius 1 is 1.13 bits per heavy atom. The van der Waals surface area contributed by atoms with Crippen LogP contribution in [0.5, 0.6) is 5.75 Å². The lowest BCUT2D eigenvalue weighted by molar-refractivity contribution is 0.102. The highest BCUT2D eigenvalue weighted by Crippen LogP contribution is 2.25. The van der Waals surface area contributed by atoms with Crippen LogP contribution in [0.15, 0.2) is 82.4 Å². The number of ether oxygens (including phenoxy) is 1. The van der Waals surface area contributed by atoms with E-state index in [0.717, 1.165) is 11.3 Å². The maximum absolute atomic E-state index is 12.7. The largest absolute Gasteiger partial charge is 0.493 e. The van der Waals surface area contributed by atoms with E-state index in [1.54, 1.807) is 36.5 Å². The molecule has 0 bridgehead atoms. The number of aromatic nitrogens is 3. The Labute approximate surface area is 175 Å². The minimum absolute atomic E-state index is 0.0868. The van der Waals surface area contributed by atoms with E-state index in [4.69, 9.17) is 9.15 Å². The molecular formula is C23H16N4O4. The van der Waals surface area contributed by atoms with Crippen LogP contribution in [0.1, 0.15) is 10.4 Å². The molecule has 0 unspecified atom stereocenters. The molecule has 8 nitrogen and oxygen atoms in total. The number of carbonyl (C=O) groups excluding carboxylic acids is 1. The number of anilines is 1. The van der Waals surface area contributed by atoms with Gasteiger partial charge in [0.2, 0.25) is 5.78 Å². The summed E-state index contributed by atoms with van der Waals surface area (Å²) in [4.78, 5) is 33.7. The molecule has 0 aliphatic heterocycles. The number of hydrogen-bond acceptors (Lipinski definition) is 6. The zero-order valence-corrected chi connectivity index (χ0v) is 16.4. The van der Waals surface area contributed by atoms with E-state index in [1.807, 2.05) is 35.0 Å². The van der Waals surface area contributed by atoms with E-state index in [-0.39, 0.29) is 5.56 Å². The van der Waals surface area contributed by atoms with E-state index < -0.39 is 11.5 Å². The molecule has 0 saturated carbocycles. The molecule has 3 aromatic heterocycles. The van der Waals surface area contributed by atoms with Gasteiger partial charge in [-0.05, 0) is 30.3 Å². The SMILES string of the molecule is COc1cccc2cc(C(=O)Nc3ccc(-c4cn5cccnc5n4)cc3)c(=O)oc12. The maximum Gasteiger partial charge on any atom is 0.349 e. The first kappa shape index (κ1) is 18.6. The molecule has 0 aliphatic carbocycles. The first-order valence-corrected chi connectivity index (χ1v) is 9.45. The van der Waals surface area contributed by atoms with Crippen LogP contribution >= 0.6 is 0 Å². The summed E-state index contributed by atoms with van der Waals surface area (Å²) in [6, 6.07) is 15.7. The molecule has 0 fully saturated rings. The average Bonchev–Trinajstić information content (AvgIpc) is 3.23. The number of rotatable bonds is 4. The molecule has 0 atom stereocenters. The lowest BCUT2D eigenvalue weighted by Crippen LogP contribution is -2.20. The first-order valence-electron chi connectivity index (χ1n) is 9.45. The summed E-state index contributed by atoms with van der Waals surface area (Å²) in [7, 11) is 1.49. The second-order valence-electron chi connectivity index (χ2n) is 6.81. The fourth-order valence-electron chi connectivity index (χ4n) is 3.33. The summed E-state index contributed by atoms with van der Waals surface area (Å²) >= 11 is 0. The monoisotopic (exact) mass is 412 g/mol. The second kappa shape index (κ2) is 7.42. The molecule has 0 saturated heterocycles. The molecule has 0 spiro atoms. The van der Waals surface area contributed by atoms with Gasteiger partial charge in [-0.25, -0.2) is 14.8 Å². The normalized spacial score (nSPS) is 11.0. The predicted octanol–water partition coefficient (Wildman–Crippen LogP) is 3.76. The summed E-state index contributed by atoms with van der Waals surface area (Å²) in [6.45, 7) is 0. The molecule has 5 rings (SSSR count). The van der Waals surface area contributed by atoms with Crippen molar-refractivity contribution < 1.29 is 13.9 Å².